The number of hydrogen-bond donors (Lipinski definition) is 0. The molecular formula is C31H18. The van der Waals surface area contributed by atoms with Gasteiger partial charge >= 0.3 is 0 Å². The van der Waals surface area contributed by atoms with Gasteiger partial charge in [0.2, 0.25) is 0 Å². The zero-order chi connectivity index (χ0) is 20.7. The number of rotatable bonds is 0. The molecule has 0 saturated heterocycles. The molecule has 1 fully saturated rings. The first-order valence-electron chi connectivity index (χ1n) is 10.7. The molecule has 2 atom stereocenters. The molecule has 0 spiro atoms. The van der Waals surface area contributed by atoms with E-state index in [1.54, 1.807) is 0 Å². The summed E-state index contributed by atoms with van der Waals surface area (Å²) in [4.78, 5) is 0. The summed E-state index contributed by atoms with van der Waals surface area (Å²) in [7, 11) is 0. The van der Waals surface area contributed by atoms with Gasteiger partial charge in [0.05, 0.1) is 0 Å². The number of hydrogen-bond acceptors (Lipinski definition) is 0. The zero-order valence-corrected chi connectivity index (χ0v) is 17.0. The molecule has 0 aromatic heterocycles. The lowest BCUT2D eigenvalue weighted by molar-refractivity contribution is 0.317. The van der Waals surface area contributed by atoms with Gasteiger partial charge < -0.3 is 0 Å². The van der Waals surface area contributed by atoms with E-state index >= 15 is 0 Å². The molecule has 6 rings (SSSR count). The van der Waals surface area contributed by atoms with Crippen LogP contribution < -0.4 is 0 Å². The molecule has 0 heteroatoms. The Balaban J connectivity index is 1.73. The second kappa shape index (κ2) is 6.72. The molecule has 0 N–H and O–H groups in total. The molecule has 0 aliphatic heterocycles. The van der Waals surface area contributed by atoms with Gasteiger partial charge in [0.1, 0.15) is 0 Å². The van der Waals surface area contributed by atoms with Crippen LogP contribution in [0.1, 0.15) is 30.4 Å². The van der Waals surface area contributed by atoms with Gasteiger partial charge in [-0.15, -0.1) is 0 Å². The van der Waals surface area contributed by atoms with Crippen LogP contribution in [0.15, 0.2) is 72.8 Å². The van der Waals surface area contributed by atoms with Crippen LogP contribution in [0.2, 0.25) is 0 Å². The van der Waals surface area contributed by atoms with Crippen LogP contribution in [-0.4, -0.2) is 0 Å². The molecule has 142 valence electrons. The van der Waals surface area contributed by atoms with Gasteiger partial charge in [-0.3, -0.25) is 0 Å². The molecule has 0 bridgehead atoms. The maximum Gasteiger partial charge on any atom is 0.0412 e. The number of fused-ring (bicyclic) bond motifs is 3. The molecule has 0 heterocycles. The van der Waals surface area contributed by atoms with Crippen LogP contribution in [0.3, 0.4) is 0 Å². The highest BCUT2D eigenvalue weighted by Gasteiger charge is 2.64. The van der Waals surface area contributed by atoms with Gasteiger partial charge in [0, 0.05) is 43.5 Å². The Hall–Kier alpha value is -4.10. The second-order valence-corrected chi connectivity index (χ2v) is 8.36. The lowest BCUT2D eigenvalue weighted by Gasteiger charge is -2.53. The summed E-state index contributed by atoms with van der Waals surface area (Å²) in [5.74, 6) is 0. The highest BCUT2D eigenvalue weighted by Crippen LogP contribution is 2.66. The van der Waals surface area contributed by atoms with Crippen LogP contribution >= 0.6 is 0 Å². The smallest absolute Gasteiger partial charge is 0.0412 e. The van der Waals surface area contributed by atoms with Gasteiger partial charge in [-0.25, -0.2) is 0 Å². The summed E-state index contributed by atoms with van der Waals surface area (Å²) in [6, 6.07) is 42.4. The minimum Gasteiger partial charge on any atom is -0.0721 e. The Morgan fingerprint density at radius 1 is 0.516 bits per heavy atom. The molecular weight excluding hydrogens is 372 g/mol. The minimum atomic E-state index is -0.00419. The van der Waals surface area contributed by atoms with E-state index in [0.717, 1.165) is 34.4 Å². The highest BCUT2D eigenvalue weighted by atomic mass is 14.6. The van der Waals surface area contributed by atoms with Gasteiger partial charge in [-0.05, 0) is 49.2 Å². The molecule has 3 aliphatic carbocycles. The summed E-state index contributed by atoms with van der Waals surface area (Å²) in [5, 5.41) is 3.71. The standard InChI is InChI=1S/C31H18/c1-2-11-25-13-4-6-15-27(25)17-19-29-28(18-16-26-14-5-3-12-24(26)10-1)30-20-7-8-21-31(29,30)23-9-22-30/h3-8,12-15,20-21H,9,22-23H2. The maximum absolute atomic E-state index is 3.55. The van der Waals surface area contributed by atoms with E-state index in [1.807, 2.05) is 48.5 Å². The predicted octanol–water partition coefficient (Wildman–Crippen LogP) is 6.44. The molecule has 0 amide bonds. The predicted molar refractivity (Wildman–Crippen MR) is 123 cm³/mol. The Morgan fingerprint density at radius 2 is 0.935 bits per heavy atom. The first-order valence-corrected chi connectivity index (χ1v) is 10.7. The first kappa shape index (κ1) is 17.7. The third-order valence-corrected chi connectivity index (χ3v) is 6.91. The zero-order valence-electron chi connectivity index (χ0n) is 17.0. The fourth-order valence-electron chi connectivity index (χ4n) is 5.45. The van der Waals surface area contributed by atoms with Crippen molar-refractivity contribution in [2.45, 2.75) is 30.1 Å². The largest absolute Gasteiger partial charge is 0.0721 e. The maximum atomic E-state index is 3.55. The fourth-order valence-corrected chi connectivity index (χ4v) is 5.45. The van der Waals surface area contributed by atoms with Crippen molar-refractivity contribution >= 4 is 21.5 Å². The third kappa shape index (κ3) is 2.50. The van der Waals surface area contributed by atoms with E-state index in [2.05, 4.69) is 72.8 Å². The van der Waals surface area contributed by atoms with Crippen molar-refractivity contribution in [1.29, 1.82) is 0 Å². The molecule has 0 nitrogen and oxygen atoms in total. The average Bonchev–Trinajstić information content (AvgIpc) is 3.15. The van der Waals surface area contributed by atoms with Crippen molar-refractivity contribution in [2.24, 2.45) is 0 Å². The molecule has 31 heavy (non-hydrogen) atoms. The van der Waals surface area contributed by atoms with Gasteiger partial charge in [-0.2, -0.15) is 0 Å². The van der Waals surface area contributed by atoms with Crippen molar-refractivity contribution < 1.29 is 0 Å². The van der Waals surface area contributed by atoms with Crippen LogP contribution in [0, 0.1) is 48.5 Å². The van der Waals surface area contributed by atoms with E-state index in [4.69, 9.17) is 0 Å². The number of allylic oxidation sites excluding steroid dienone is 4. The van der Waals surface area contributed by atoms with E-state index in [-0.39, 0.29) is 10.8 Å². The van der Waals surface area contributed by atoms with Gasteiger partial charge in [0.25, 0.3) is 0 Å². The lowest BCUT2D eigenvalue weighted by atomic mass is 9.47. The van der Waals surface area contributed by atoms with Crippen molar-refractivity contribution in [3.8, 4) is 0 Å². The van der Waals surface area contributed by atoms with Crippen molar-refractivity contribution in [3.63, 3.8) is 0 Å². The monoisotopic (exact) mass is 390 g/mol. The van der Waals surface area contributed by atoms with Crippen LogP contribution in [0.4, 0.5) is 0 Å². The molecule has 1 saturated carbocycles. The van der Waals surface area contributed by atoms with Crippen molar-refractivity contribution in [2.75, 3.05) is 0 Å². The highest BCUT2D eigenvalue weighted by molar-refractivity contribution is 5.79. The minimum absolute atomic E-state index is 0.00419. The Labute approximate surface area is 184 Å². The van der Waals surface area contributed by atoms with E-state index in [0.29, 0.717) is 0 Å². The van der Waals surface area contributed by atoms with Crippen LogP contribution in [0.5, 0.6) is 0 Å². The normalized spacial score (nSPS) is 23.4. The molecule has 3 aliphatic rings. The first-order chi connectivity index (χ1) is 15.3. The summed E-state index contributed by atoms with van der Waals surface area (Å²) in [6.07, 6.45) is 12.5. The second-order valence-electron chi connectivity index (χ2n) is 8.36. The SMILES string of the molecule is c1c#cc2ccccc2c#cc2c(c#cc3ccccc3c#1)C13C=CC=CC21CCC3. The van der Waals surface area contributed by atoms with Crippen molar-refractivity contribution in [3.05, 3.63) is 132 Å². The third-order valence-electron chi connectivity index (χ3n) is 6.91. The molecule has 3 aromatic carbocycles. The van der Waals surface area contributed by atoms with E-state index in [1.165, 1.54) is 17.5 Å². The van der Waals surface area contributed by atoms with E-state index in [9.17, 15) is 0 Å². The topological polar surface area (TPSA) is 0 Å². The summed E-state index contributed by atoms with van der Waals surface area (Å²) in [5.41, 5.74) is 2.36. The quantitative estimate of drug-likeness (QED) is 0.414. The molecule has 3 aromatic rings. The van der Waals surface area contributed by atoms with Crippen LogP contribution in [0.25, 0.3) is 21.5 Å². The lowest BCUT2D eigenvalue weighted by Crippen LogP contribution is -2.52. The van der Waals surface area contributed by atoms with Crippen LogP contribution in [-0.2, 0) is 10.8 Å². The Kier molecular flexibility index (Phi) is 3.84. The van der Waals surface area contributed by atoms with Crippen molar-refractivity contribution in [1.82, 2.24) is 0 Å². The Morgan fingerprint density at radius 3 is 1.39 bits per heavy atom. The molecule has 0 radical (unpaired) electrons. The fraction of sp³-hybridized carbons (Fsp3) is 0.161. The summed E-state index contributed by atoms with van der Waals surface area (Å²) >= 11 is 0. The van der Waals surface area contributed by atoms with Gasteiger partial charge in [-0.1, -0.05) is 91.4 Å². The summed E-state index contributed by atoms with van der Waals surface area (Å²) in [6.45, 7) is 0. The number of benzene rings is 2. The Bertz CT molecular complexity index is 1270. The average molecular weight is 390 g/mol. The van der Waals surface area contributed by atoms with E-state index < -0.39 is 0 Å². The van der Waals surface area contributed by atoms with Gasteiger partial charge in [0.15, 0.2) is 0 Å². The molecule has 2 unspecified atom stereocenters. The summed E-state index contributed by atoms with van der Waals surface area (Å²) < 4.78 is 0.